The number of hydrogen-bond donors (Lipinski definition) is 2. The van der Waals surface area contributed by atoms with Crippen LogP contribution in [0.3, 0.4) is 0 Å². The number of fused-ring (bicyclic) bond motifs is 1. The average molecular weight is 238 g/mol. The minimum Gasteiger partial charge on any atom is -0.477 e. The molecule has 2 N–H and O–H groups in total. The summed E-state index contributed by atoms with van der Waals surface area (Å²) < 4.78 is 0. The predicted octanol–water partition coefficient (Wildman–Crippen LogP) is 2.19. The minimum absolute atomic E-state index is 0.227. The van der Waals surface area contributed by atoms with Crippen LogP contribution in [0, 0.1) is 6.92 Å². The summed E-state index contributed by atoms with van der Waals surface area (Å²) in [6.45, 7) is 1.61. The molecule has 0 aliphatic rings. The molecular weight excluding hydrogens is 230 g/mol. The second-order valence-electron chi connectivity index (χ2n) is 3.45. The Hall–Kier alpha value is -1.81. The Morgan fingerprint density at radius 3 is 2.75 bits per heavy atom. The number of aryl methyl sites for hydroxylation is 1. The van der Waals surface area contributed by atoms with Gasteiger partial charge < -0.3 is 10.1 Å². The van der Waals surface area contributed by atoms with Crippen LogP contribution in [0.2, 0.25) is 5.02 Å². The third-order valence-electron chi connectivity index (χ3n) is 2.45. The van der Waals surface area contributed by atoms with E-state index < -0.39 is 11.5 Å². The van der Waals surface area contributed by atoms with Crippen LogP contribution in [0.5, 0.6) is 0 Å². The third kappa shape index (κ3) is 1.57. The monoisotopic (exact) mass is 237 g/mol. The number of pyridine rings is 1. The van der Waals surface area contributed by atoms with E-state index in [4.69, 9.17) is 16.7 Å². The van der Waals surface area contributed by atoms with E-state index in [1.165, 1.54) is 0 Å². The van der Waals surface area contributed by atoms with Gasteiger partial charge in [0.1, 0.15) is 5.56 Å². The molecule has 16 heavy (non-hydrogen) atoms. The van der Waals surface area contributed by atoms with Crippen molar-refractivity contribution in [3.8, 4) is 0 Å². The van der Waals surface area contributed by atoms with Crippen molar-refractivity contribution in [2.45, 2.75) is 6.92 Å². The summed E-state index contributed by atoms with van der Waals surface area (Å²) in [6, 6.07) is 4.94. The van der Waals surface area contributed by atoms with Crippen LogP contribution >= 0.6 is 11.6 Å². The van der Waals surface area contributed by atoms with Crippen molar-refractivity contribution >= 4 is 28.5 Å². The highest BCUT2D eigenvalue weighted by Crippen LogP contribution is 2.20. The van der Waals surface area contributed by atoms with Crippen molar-refractivity contribution in [1.82, 2.24) is 4.98 Å². The van der Waals surface area contributed by atoms with Crippen LogP contribution in [-0.4, -0.2) is 16.1 Å². The van der Waals surface area contributed by atoms with Crippen molar-refractivity contribution in [2.75, 3.05) is 0 Å². The van der Waals surface area contributed by atoms with Gasteiger partial charge in [0.05, 0.1) is 5.52 Å². The maximum Gasteiger partial charge on any atom is 0.341 e. The second kappa shape index (κ2) is 3.64. The third-order valence-corrected chi connectivity index (χ3v) is 2.68. The number of H-pyrrole nitrogens is 1. The standard InChI is InChI=1S/C11H8ClNO3/c1-5-7-3-2-6(12)4-8(7)13-10(14)9(5)11(15)16/h2-4H,1H3,(H,13,14)(H,15,16). The first-order chi connectivity index (χ1) is 7.50. The van der Waals surface area contributed by atoms with E-state index in [1.807, 2.05) is 0 Å². The smallest absolute Gasteiger partial charge is 0.341 e. The number of carboxylic acid groups (broad SMARTS) is 1. The molecule has 0 bridgehead atoms. The normalized spacial score (nSPS) is 10.6. The molecule has 1 aromatic carbocycles. The fourth-order valence-corrected chi connectivity index (χ4v) is 1.87. The number of benzene rings is 1. The topological polar surface area (TPSA) is 70.2 Å². The number of aromatic amines is 1. The molecule has 0 aliphatic heterocycles. The van der Waals surface area contributed by atoms with Crippen molar-refractivity contribution in [3.63, 3.8) is 0 Å². The first-order valence-corrected chi connectivity index (χ1v) is 4.94. The summed E-state index contributed by atoms with van der Waals surface area (Å²) >= 11 is 5.79. The van der Waals surface area contributed by atoms with Gasteiger partial charge in [0.15, 0.2) is 0 Å². The SMILES string of the molecule is Cc1c(C(=O)O)c(=O)[nH]c2cc(Cl)ccc12. The predicted molar refractivity (Wildman–Crippen MR) is 61.3 cm³/mol. The number of halogens is 1. The summed E-state index contributed by atoms with van der Waals surface area (Å²) in [5.41, 5.74) is 0.150. The molecule has 4 nitrogen and oxygen atoms in total. The Morgan fingerprint density at radius 2 is 2.12 bits per heavy atom. The lowest BCUT2D eigenvalue weighted by molar-refractivity contribution is 0.0694. The van der Waals surface area contributed by atoms with Crippen LogP contribution in [0.25, 0.3) is 10.9 Å². The molecule has 0 aliphatic carbocycles. The van der Waals surface area contributed by atoms with Gasteiger partial charge in [0.2, 0.25) is 0 Å². The molecule has 0 unspecified atom stereocenters. The Bertz CT molecular complexity index is 645. The number of rotatable bonds is 1. The zero-order valence-electron chi connectivity index (χ0n) is 8.37. The molecule has 5 heteroatoms. The fourth-order valence-electron chi connectivity index (χ4n) is 1.69. The van der Waals surface area contributed by atoms with Gasteiger partial charge in [-0.2, -0.15) is 0 Å². The van der Waals surface area contributed by atoms with Gasteiger partial charge in [-0.15, -0.1) is 0 Å². The summed E-state index contributed by atoms with van der Waals surface area (Å²) in [5.74, 6) is -1.23. The molecule has 1 aromatic heterocycles. The Balaban J connectivity index is 2.94. The van der Waals surface area contributed by atoms with Gasteiger partial charge in [-0.25, -0.2) is 4.79 Å². The Labute approximate surface area is 95.5 Å². The van der Waals surface area contributed by atoms with Crippen molar-refractivity contribution < 1.29 is 9.90 Å². The quantitative estimate of drug-likeness (QED) is 0.799. The summed E-state index contributed by atoms with van der Waals surface area (Å²) in [6.07, 6.45) is 0. The summed E-state index contributed by atoms with van der Waals surface area (Å²) in [7, 11) is 0. The number of carbonyl (C=O) groups is 1. The van der Waals surface area contributed by atoms with Crippen LogP contribution in [-0.2, 0) is 0 Å². The lowest BCUT2D eigenvalue weighted by Gasteiger charge is -2.05. The second-order valence-corrected chi connectivity index (χ2v) is 3.89. The fraction of sp³-hybridized carbons (Fsp3) is 0.0909. The molecule has 2 rings (SSSR count). The molecule has 0 fully saturated rings. The highest BCUT2D eigenvalue weighted by Gasteiger charge is 2.15. The number of nitrogens with one attached hydrogen (secondary N) is 1. The number of aromatic carboxylic acids is 1. The minimum atomic E-state index is -1.23. The summed E-state index contributed by atoms with van der Waals surface area (Å²) in [5, 5.41) is 10.1. The molecule has 0 spiro atoms. The molecule has 82 valence electrons. The maximum absolute atomic E-state index is 11.5. The highest BCUT2D eigenvalue weighted by atomic mass is 35.5. The van der Waals surface area contributed by atoms with Crippen LogP contribution in [0.4, 0.5) is 0 Å². The number of carboxylic acids is 1. The molecule has 0 saturated carbocycles. The van der Waals surface area contributed by atoms with Gasteiger partial charge in [0.25, 0.3) is 5.56 Å². The first-order valence-electron chi connectivity index (χ1n) is 4.56. The van der Waals surface area contributed by atoms with Crippen molar-refractivity contribution in [1.29, 1.82) is 0 Å². The number of aromatic nitrogens is 1. The highest BCUT2D eigenvalue weighted by molar-refractivity contribution is 6.31. The van der Waals surface area contributed by atoms with Crippen LogP contribution in [0.15, 0.2) is 23.0 Å². The lowest BCUT2D eigenvalue weighted by atomic mass is 10.1. The van der Waals surface area contributed by atoms with E-state index in [2.05, 4.69) is 4.98 Å². The van der Waals surface area contributed by atoms with Gasteiger partial charge >= 0.3 is 5.97 Å². The largest absolute Gasteiger partial charge is 0.477 e. The van der Waals surface area contributed by atoms with Gasteiger partial charge in [-0.3, -0.25) is 4.79 Å². The number of hydrogen-bond acceptors (Lipinski definition) is 2. The Kier molecular flexibility index (Phi) is 2.44. The lowest BCUT2D eigenvalue weighted by Crippen LogP contribution is -2.19. The molecule has 0 atom stereocenters. The first kappa shape index (κ1) is 10.7. The molecular formula is C11H8ClNO3. The maximum atomic E-state index is 11.5. The van der Waals surface area contributed by atoms with Crippen molar-refractivity contribution in [3.05, 3.63) is 44.7 Å². The van der Waals surface area contributed by atoms with Gasteiger partial charge in [-0.05, 0) is 24.6 Å². The zero-order chi connectivity index (χ0) is 11.9. The van der Waals surface area contributed by atoms with E-state index >= 15 is 0 Å². The van der Waals surface area contributed by atoms with Crippen LogP contribution < -0.4 is 5.56 Å². The zero-order valence-corrected chi connectivity index (χ0v) is 9.13. The summed E-state index contributed by atoms with van der Waals surface area (Å²) in [4.78, 5) is 24.9. The van der Waals surface area contributed by atoms with E-state index in [-0.39, 0.29) is 5.56 Å². The Morgan fingerprint density at radius 1 is 1.44 bits per heavy atom. The average Bonchev–Trinajstić information content (AvgIpc) is 2.15. The van der Waals surface area contributed by atoms with E-state index in [0.717, 1.165) is 0 Å². The van der Waals surface area contributed by atoms with E-state index in [1.54, 1.807) is 25.1 Å². The van der Waals surface area contributed by atoms with E-state index in [0.29, 0.717) is 21.5 Å². The van der Waals surface area contributed by atoms with Crippen molar-refractivity contribution in [2.24, 2.45) is 0 Å². The van der Waals surface area contributed by atoms with E-state index in [9.17, 15) is 9.59 Å². The molecule has 0 saturated heterocycles. The molecule has 1 heterocycles. The molecule has 0 radical (unpaired) electrons. The van der Waals surface area contributed by atoms with Gasteiger partial charge in [-0.1, -0.05) is 17.7 Å². The van der Waals surface area contributed by atoms with Crippen LogP contribution in [0.1, 0.15) is 15.9 Å². The molecule has 2 aromatic rings. The van der Waals surface area contributed by atoms with Gasteiger partial charge in [0, 0.05) is 10.4 Å². The molecule has 0 amide bonds.